The van der Waals surface area contributed by atoms with Crippen LogP contribution in [-0.2, 0) is 4.79 Å². The molecule has 3 nitrogen and oxygen atoms in total. The molecule has 0 aromatic rings. The van der Waals surface area contributed by atoms with Gasteiger partial charge in [-0.1, -0.05) is 6.42 Å². The summed E-state index contributed by atoms with van der Waals surface area (Å²) in [5.41, 5.74) is 0. The summed E-state index contributed by atoms with van der Waals surface area (Å²) in [5, 5.41) is 3.37. The highest BCUT2D eigenvalue weighted by Crippen LogP contribution is 2.15. The van der Waals surface area contributed by atoms with Gasteiger partial charge in [-0.25, -0.2) is 0 Å². The van der Waals surface area contributed by atoms with Gasteiger partial charge in [0.05, 0.1) is 0 Å². The summed E-state index contributed by atoms with van der Waals surface area (Å²) in [4.78, 5) is 13.1. The summed E-state index contributed by atoms with van der Waals surface area (Å²) in [6, 6.07) is 0. The van der Waals surface area contributed by atoms with Crippen molar-refractivity contribution in [2.75, 3.05) is 27.2 Å². The third-order valence-corrected chi connectivity index (χ3v) is 2.61. The molecule has 1 amide bonds. The Morgan fingerprint density at radius 3 is 2.92 bits per heavy atom. The van der Waals surface area contributed by atoms with E-state index in [0.29, 0.717) is 12.3 Å². The van der Waals surface area contributed by atoms with Crippen molar-refractivity contribution in [3.63, 3.8) is 0 Å². The van der Waals surface area contributed by atoms with Gasteiger partial charge in [0.1, 0.15) is 0 Å². The Morgan fingerprint density at radius 2 is 2.23 bits per heavy atom. The Hall–Kier alpha value is -0.570. The van der Waals surface area contributed by atoms with Crippen molar-refractivity contribution >= 4 is 5.91 Å². The van der Waals surface area contributed by atoms with Gasteiger partial charge in [-0.05, 0) is 31.8 Å². The average Bonchev–Trinajstić information content (AvgIpc) is 2.32. The van der Waals surface area contributed by atoms with Gasteiger partial charge in [0, 0.05) is 20.5 Å². The molecule has 76 valence electrons. The first-order valence-electron chi connectivity index (χ1n) is 5.11. The summed E-state index contributed by atoms with van der Waals surface area (Å²) in [7, 11) is 3.65. The van der Waals surface area contributed by atoms with Crippen LogP contribution in [0.3, 0.4) is 0 Å². The second-order valence-electron chi connectivity index (χ2n) is 4.06. The van der Waals surface area contributed by atoms with Crippen LogP contribution >= 0.6 is 0 Å². The lowest BCUT2D eigenvalue weighted by molar-refractivity contribution is -0.129. The van der Waals surface area contributed by atoms with E-state index in [0.717, 1.165) is 13.1 Å². The molecule has 0 aliphatic carbocycles. The highest BCUT2D eigenvalue weighted by atomic mass is 16.2. The zero-order valence-corrected chi connectivity index (χ0v) is 8.68. The van der Waals surface area contributed by atoms with Crippen molar-refractivity contribution in [2.24, 2.45) is 5.92 Å². The maximum Gasteiger partial charge on any atom is 0.222 e. The van der Waals surface area contributed by atoms with E-state index >= 15 is 0 Å². The lowest BCUT2D eigenvalue weighted by Gasteiger charge is -2.16. The van der Waals surface area contributed by atoms with Gasteiger partial charge in [0.25, 0.3) is 0 Å². The fraction of sp³-hybridized carbons (Fsp3) is 0.900. The summed E-state index contributed by atoms with van der Waals surface area (Å²) >= 11 is 0. The molecular weight excluding hydrogens is 164 g/mol. The van der Waals surface area contributed by atoms with Crippen LogP contribution in [0.2, 0.25) is 0 Å². The lowest BCUT2D eigenvalue weighted by atomic mass is 9.99. The van der Waals surface area contributed by atoms with Crippen molar-refractivity contribution in [2.45, 2.75) is 25.7 Å². The molecule has 1 saturated heterocycles. The van der Waals surface area contributed by atoms with E-state index in [9.17, 15) is 4.79 Å². The highest BCUT2D eigenvalue weighted by Gasteiger charge is 2.16. The summed E-state index contributed by atoms with van der Waals surface area (Å²) in [5.74, 6) is 0.811. The maximum absolute atomic E-state index is 11.4. The Morgan fingerprint density at radius 1 is 1.46 bits per heavy atom. The Balaban J connectivity index is 2.29. The molecular formula is C10H20N2O. The van der Waals surface area contributed by atoms with Gasteiger partial charge in [0.15, 0.2) is 0 Å². The molecule has 1 N–H and O–H groups in total. The minimum atomic E-state index is 0.258. The normalized spacial score (nSPS) is 23.7. The standard InChI is InChI=1S/C10H20N2O/c1-12(2)10(13)7-9-5-3-4-6-11-8-9/h9,11H,3-8H2,1-2H3. The second kappa shape index (κ2) is 5.22. The summed E-state index contributed by atoms with van der Waals surface area (Å²) in [6.07, 6.45) is 4.43. The molecule has 1 aliphatic rings. The van der Waals surface area contributed by atoms with Gasteiger partial charge in [-0.15, -0.1) is 0 Å². The third-order valence-electron chi connectivity index (χ3n) is 2.61. The smallest absolute Gasteiger partial charge is 0.222 e. The number of amides is 1. The SMILES string of the molecule is CN(C)C(=O)CC1CCCCNC1. The van der Waals surface area contributed by atoms with E-state index in [1.807, 2.05) is 14.1 Å². The Kier molecular flexibility index (Phi) is 4.22. The van der Waals surface area contributed by atoms with Crippen molar-refractivity contribution in [3.05, 3.63) is 0 Å². The highest BCUT2D eigenvalue weighted by molar-refractivity contribution is 5.75. The average molecular weight is 184 g/mol. The van der Waals surface area contributed by atoms with Crippen LogP contribution in [0.1, 0.15) is 25.7 Å². The molecule has 0 spiro atoms. The van der Waals surface area contributed by atoms with Crippen molar-refractivity contribution < 1.29 is 4.79 Å². The first-order valence-corrected chi connectivity index (χ1v) is 5.11. The van der Waals surface area contributed by atoms with Crippen LogP contribution in [-0.4, -0.2) is 38.0 Å². The first-order chi connectivity index (χ1) is 6.20. The summed E-state index contributed by atoms with van der Waals surface area (Å²) in [6.45, 7) is 2.13. The molecule has 13 heavy (non-hydrogen) atoms. The summed E-state index contributed by atoms with van der Waals surface area (Å²) < 4.78 is 0. The predicted molar refractivity (Wildman–Crippen MR) is 53.5 cm³/mol. The van der Waals surface area contributed by atoms with E-state index in [1.54, 1.807) is 4.90 Å². The van der Waals surface area contributed by atoms with E-state index < -0.39 is 0 Å². The topological polar surface area (TPSA) is 32.3 Å². The molecule has 1 aliphatic heterocycles. The molecule has 3 heteroatoms. The molecule has 1 unspecified atom stereocenters. The van der Waals surface area contributed by atoms with Crippen molar-refractivity contribution in [1.29, 1.82) is 0 Å². The van der Waals surface area contributed by atoms with Crippen LogP contribution in [0.4, 0.5) is 0 Å². The van der Waals surface area contributed by atoms with Crippen LogP contribution in [0.15, 0.2) is 0 Å². The Labute approximate surface area is 80.5 Å². The number of carbonyl (C=O) groups excluding carboxylic acids is 1. The molecule has 1 heterocycles. The number of hydrogen-bond acceptors (Lipinski definition) is 2. The molecule has 1 fully saturated rings. The quantitative estimate of drug-likeness (QED) is 0.690. The van der Waals surface area contributed by atoms with Gasteiger partial charge >= 0.3 is 0 Å². The fourth-order valence-electron chi connectivity index (χ4n) is 1.70. The van der Waals surface area contributed by atoms with Crippen LogP contribution in [0.5, 0.6) is 0 Å². The molecule has 0 aromatic carbocycles. The van der Waals surface area contributed by atoms with Crippen molar-refractivity contribution in [3.8, 4) is 0 Å². The van der Waals surface area contributed by atoms with Crippen LogP contribution < -0.4 is 5.32 Å². The van der Waals surface area contributed by atoms with Gasteiger partial charge < -0.3 is 10.2 Å². The number of nitrogens with zero attached hydrogens (tertiary/aromatic N) is 1. The van der Waals surface area contributed by atoms with E-state index in [4.69, 9.17) is 0 Å². The molecule has 0 radical (unpaired) electrons. The molecule has 0 aromatic heterocycles. The van der Waals surface area contributed by atoms with Gasteiger partial charge in [0.2, 0.25) is 5.91 Å². The molecule has 1 atom stereocenters. The molecule has 0 saturated carbocycles. The molecule has 0 bridgehead atoms. The number of rotatable bonds is 2. The zero-order chi connectivity index (χ0) is 9.68. The fourth-order valence-corrected chi connectivity index (χ4v) is 1.70. The lowest BCUT2D eigenvalue weighted by Crippen LogP contribution is -2.28. The number of nitrogens with one attached hydrogen (secondary N) is 1. The van der Waals surface area contributed by atoms with E-state index in [1.165, 1.54) is 19.3 Å². The zero-order valence-electron chi connectivity index (χ0n) is 8.68. The molecule has 1 rings (SSSR count). The van der Waals surface area contributed by atoms with Gasteiger partial charge in [-0.2, -0.15) is 0 Å². The minimum Gasteiger partial charge on any atom is -0.349 e. The van der Waals surface area contributed by atoms with E-state index in [-0.39, 0.29) is 5.91 Å². The van der Waals surface area contributed by atoms with Gasteiger partial charge in [-0.3, -0.25) is 4.79 Å². The Bertz CT molecular complexity index is 160. The first kappa shape index (κ1) is 10.5. The monoisotopic (exact) mass is 184 g/mol. The number of hydrogen-bond donors (Lipinski definition) is 1. The number of carbonyl (C=O) groups is 1. The van der Waals surface area contributed by atoms with E-state index in [2.05, 4.69) is 5.32 Å². The third kappa shape index (κ3) is 3.77. The minimum absolute atomic E-state index is 0.258. The van der Waals surface area contributed by atoms with Crippen LogP contribution in [0, 0.1) is 5.92 Å². The largest absolute Gasteiger partial charge is 0.349 e. The predicted octanol–water partition coefficient (Wildman–Crippen LogP) is 0.854. The second-order valence-corrected chi connectivity index (χ2v) is 4.06. The maximum atomic E-state index is 11.4. The van der Waals surface area contributed by atoms with Crippen molar-refractivity contribution in [1.82, 2.24) is 10.2 Å². The van der Waals surface area contributed by atoms with Crippen LogP contribution in [0.25, 0.3) is 0 Å².